The lowest BCUT2D eigenvalue weighted by Gasteiger charge is -2.26. The lowest BCUT2D eigenvalue weighted by atomic mass is 10.0. The minimum absolute atomic E-state index is 0.0698. The summed E-state index contributed by atoms with van der Waals surface area (Å²) in [5.74, 6) is 1.48. The molecule has 0 bridgehead atoms. The van der Waals surface area contributed by atoms with Crippen molar-refractivity contribution in [1.29, 1.82) is 0 Å². The number of hydrogen-bond donors (Lipinski definition) is 1. The fraction of sp³-hybridized carbons (Fsp3) is 0.0667. The quantitative estimate of drug-likeness (QED) is 0.116. The van der Waals surface area contributed by atoms with E-state index in [1.54, 1.807) is 18.3 Å². The third-order valence-electron chi connectivity index (χ3n) is 6.54. The van der Waals surface area contributed by atoms with Gasteiger partial charge in [-0.1, -0.05) is 29.4 Å². The van der Waals surface area contributed by atoms with Gasteiger partial charge in [-0.2, -0.15) is 0 Å². The van der Waals surface area contributed by atoms with Crippen LogP contribution in [0.5, 0.6) is 0 Å². The van der Waals surface area contributed by atoms with E-state index in [9.17, 15) is 10.1 Å². The van der Waals surface area contributed by atoms with Crippen LogP contribution in [0.3, 0.4) is 0 Å². The molecule has 2 aromatic heterocycles. The molecule has 3 heterocycles. The summed E-state index contributed by atoms with van der Waals surface area (Å²) in [4.78, 5) is 19.1. The van der Waals surface area contributed by atoms with E-state index in [4.69, 9.17) is 28.2 Å². The molecule has 0 radical (unpaired) electrons. The molecule has 10 heteroatoms. The lowest BCUT2D eigenvalue weighted by Crippen LogP contribution is -2.29. The Morgan fingerprint density at radius 2 is 1.62 bits per heavy atom. The van der Waals surface area contributed by atoms with Gasteiger partial charge in [0.25, 0.3) is 5.69 Å². The zero-order chi connectivity index (χ0) is 27.6. The van der Waals surface area contributed by atoms with E-state index in [-0.39, 0.29) is 17.8 Å². The first kappa shape index (κ1) is 26.1. The van der Waals surface area contributed by atoms with Gasteiger partial charge in [-0.15, -0.1) is 0 Å². The van der Waals surface area contributed by atoms with Gasteiger partial charge in [0.05, 0.1) is 16.7 Å². The highest BCUT2D eigenvalue weighted by molar-refractivity contribution is 7.99. The van der Waals surface area contributed by atoms with Crippen LogP contribution in [0.25, 0.3) is 11.3 Å². The molecule has 0 spiro atoms. The summed E-state index contributed by atoms with van der Waals surface area (Å²) in [5, 5.41) is 15.6. The highest BCUT2D eigenvalue weighted by Gasteiger charge is 2.42. The molecular weight excluding hydrogens is 564 g/mol. The second-order valence-corrected chi connectivity index (χ2v) is 11.0. The molecule has 0 aliphatic carbocycles. The highest BCUT2D eigenvalue weighted by Crippen LogP contribution is 2.43. The molecule has 0 unspecified atom stereocenters. The summed E-state index contributed by atoms with van der Waals surface area (Å²) >= 11 is 13.4. The molecule has 40 heavy (non-hydrogen) atoms. The van der Waals surface area contributed by atoms with Crippen molar-refractivity contribution in [2.45, 2.75) is 21.9 Å². The van der Waals surface area contributed by atoms with E-state index in [0.717, 1.165) is 38.3 Å². The number of nitrogens with zero attached hydrogens (tertiary/aromatic N) is 3. The Morgan fingerprint density at radius 1 is 0.925 bits per heavy atom. The number of anilines is 1. The first-order valence-electron chi connectivity index (χ1n) is 12.3. The average molecular weight is 585 g/mol. The molecule has 1 aliphatic heterocycles. The normalized spacial score (nSPS) is 16.6. The third kappa shape index (κ3) is 5.31. The molecule has 1 aliphatic rings. The molecule has 1 fully saturated rings. The zero-order valence-corrected chi connectivity index (χ0v) is 23.2. The number of benzene rings is 3. The molecule has 6 rings (SSSR count). The number of nitro benzene ring substituents is 1. The minimum Gasteiger partial charge on any atom is -0.459 e. The van der Waals surface area contributed by atoms with Crippen LogP contribution in [-0.2, 0) is 0 Å². The van der Waals surface area contributed by atoms with Crippen molar-refractivity contribution >= 4 is 52.1 Å². The summed E-state index contributed by atoms with van der Waals surface area (Å²) < 4.78 is 6.41. The molecule has 3 aromatic carbocycles. The van der Waals surface area contributed by atoms with Crippen LogP contribution >= 0.6 is 35.6 Å². The average Bonchev–Trinajstić information content (AvgIpc) is 3.59. The van der Waals surface area contributed by atoms with Crippen molar-refractivity contribution in [2.75, 3.05) is 4.90 Å². The van der Waals surface area contributed by atoms with Gasteiger partial charge in [-0.05, 0) is 97.1 Å². The predicted molar refractivity (Wildman–Crippen MR) is 161 cm³/mol. The van der Waals surface area contributed by atoms with Gasteiger partial charge < -0.3 is 14.6 Å². The Bertz CT molecular complexity index is 1660. The van der Waals surface area contributed by atoms with Gasteiger partial charge in [0.2, 0.25) is 0 Å². The van der Waals surface area contributed by atoms with Crippen LogP contribution < -0.4 is 10.2 Å². The van der Waals surface area contributed by atoms with Crippen molar-refractivity contribution in [3.05, 3.63) is 136 Å². The lowest BCUT2D eigenvalue weighted by molar-refractivity contribution is -0.384. The number of nitrogens with one attached hydrogen (secondary N) is 1. The highest BCUT2D eigenvalue weighted by atomic mass is 35.5. The summed E-state index contributed by atoms with van der Waals surface area (Å²) in [6, 6.07) is 31.3. The largest absolute Gasteiger partial charge is 0.459 e. The van der Waals surface area contributed by atoms with Gasteiger partial charge >= 0.3 is 0 Å². The fourth-order valence-electron chi connectivity index (χ4n) is 4.65. The summed E-state index contributed by atoms with van der Waals surface area (Å²) in [5.41, 5.74) is 2.75. The second kappa shape index (κ2) is 11.1. The van der Waals surface area contributed by atoms with E-state index < -0.39 is 4.92 Å². The first-order chi connectivity index (χ1) is 19.5. The SMILES string of the molecule is O=[N+]([O-])c1ccc(Sc2ccc(N3C(=S)N[C@@H](c4ccccn4)[C@@H]3c3ccc(-c4ccc(Cl)cc4)o3)cc2)cc1. The second-order valence-electron chi connectivity index (χ2n) is 9.05. The van der Waals surface area contributed by atoms with Gasteiger partial charge in [0, 0.05) is 44.4 Å². The van der Waals surface area contributed by atoms with Crippen molar-refractivity contribution in [3.8, 4) is 11.3 Å². The number of hydrogen-bond acceptors (Lipinski definition) is 6. The van der Waals surface area contributed by atoms with Crippen LogP contribution in [0.15, 0.2) is 124 Å². The molecule has 198 valence electrons. The summed E-state index contributed by atoms with van der Waals surface area (Å²) in [7, 11) is 0. The minimum atomic E-state index is -0.400. The Morgan fingerprint density at radius 3 is 2.27 bits per heavy atom. The summed E-state index contributed by atoms with van der Waals surface area (Å²) in [6.45, 7) is 0. The Balaban J connectivity index is 1.31. The smallest absolute Gasteiger partial charge is 0.269 e. The van der Waals surface area contributed by atoms with Crippen molar-refractivity contribution < 1.29 is 9.34 Å². The van der Waals surface area contributed by atoms with Crippen LogP contribution in [0.4, 0.5) is 11.4 Å². The van der Waals surface area contributed by atoms with Crippen molar-refractivity contribution in [2.24, 2.45) is 0 Å². The van der Waals surface area contributed by atoms with Crippen molar-refractivity contribution in [1.82, 2.24) is 10.3 Å². The molecular formula is C30H21ClN4O3S2. The van der Waals surface area contributed by atoms with Crippen LogP contribution in [0, 0.1) is 10.1 Å². The third-order valence-corrected chi connectivity index (χ3v) is 8.13. The molecule has 7 nitrogen and oxygen atoms in total. The van der Waals surface area contributed by atoms with Gasteiger partial charge in [0.1, 0.15) is 17.6 Å². The molecule has 5 aromatic rings. The zero-order valence-electron chi connectivity index (χ0n) is 20.8. The number of non-ortho nitro benzene ring substituents is 1. The monoisotopic (exact) mass is 584 g/mol. The first-order valence-corrected chi connectivity index (χ1v) is 14.0. The number of nitro groups is 1. The molecule has 2 atom stereocenters. The number of thiocarbonyl (C=S) groups is 1. The predicted octanol–water partition coefficient (Wildman–Crippen LogP) is 8.23. The van der Waals surface area contributed by atoms with Crippen LogP contribution in [0.1, 0.15) is 23.5 Å². The topological polar surface area (TPSA) is 84.4 Å². The van der Waals surface area contributed by atoms with E-state index in [0.29, 0.717) is 10.1 Å². The number of furan rings is 1. The van der Waals surface area contributed by atoms with Gasteiger partial charge in [-0.3, -0.25) is 15.1 Å². The standard InChI is InChI=1S/C30H21ClN4O3S2/c31-20-6-4-19(5-7-20)26-16-17-27(38-26)29-28(25-3-1-2-18-32-25)33-30(39)34(29)21-8-12-23(13-9-21)40-24-14-10-22(11-15-24)35(36)37/h1-18,28-29H,(H,33,39)/t28-,29-/m0/s1. The maximum Gasteiger partial charge on any atom is 0.269 e. The van der Waals surface area contributed by atoms with Crippen LogP contribution in [-0.4, -0.2) is 15.0 Å². The van der Waals surface area contributed by atoms with Crippen LogP contribution in [0.2, 0.25) is 5.02 Å². The Labute approximate surface area is 245 Å². The van der Waals surface area contributed by atoms with Gasteiger partial charge in [-0.25, -0.2) is 0 Å². The van der Waals surface area contributed by atoms with Crippen molar-refractivity contribution in [3.63, 3.8) is 0 Å². The summed E-state index contributed by atoms with van der Waals surface area (Å²) in [6.07, 6.45) is 1.77. The Kier molecular flexibility index (Phi) is 7.25. The Hall–Kier alpha value is -4.18. The molecule has 0 saturated carbocycles. The van der Waals surface area contributed by atoms with E-state index in [1.807, 2.05) is 78.9 Å². The van der Waals surface area contributed by atoms with E-state index in [1.165, 1.54) is 23.9 Å². The van der Waals surface area contributed by atoms with E-state index in [2.05, 4.69) is 15.2 Å². The maximum atomic E-state index is 11.0. The maximum absolute atomic E-state index is 11.0. The number of aromatic nitrogens is 1. The van der Waals surface area contributed by atoms with Gasteiger partial charge in [0.15, 0.2) is 5.11 Å². The number of rotatable bonds is 7. The molecule has 0 amide bonds. The fourth-order valence-corrected chi connectivity index (χ4v) is 5.94. The number of halogens is 1. The number of pyridine rings is 1. The molecule has 1 N–H and O–H groups in total. The van der Waals surface area contributed by atoms with E-state index >= 15 is 0 Å². The molecule has 1 saturated heterocycles.